The van der Waals surface area contributed by atoms with Gasteiger partial charge in [0.15, 0.2) is 10.8 Å². The Hall–Kier alpha value is -4.97. The van der Waals surface area contributed by atoms with Crippen molar-refractivity contribution in [3.05, 3.63) is 85.1 Å². The molecule has 4 N–H and O–H groups in total. The van der Waals surface area contributed by atoms with E-state index in [0.717, 1.165) is 39.5 Å². The highest BCUT2D eigenvalue weighted by Crippen LogP contribution is 2.31. The summed E-state index contributed by atoms with van der Waals surface area (Å²) in [5.74, 6) is -0.406. The highest BCUT2D eigenvalue weighted by Gasteiger charge is 2.37. The zero-order chi connectivity index (χ0) is 28.3. The molecule has 41 heavy (non-hydrogen) atoms. The van der Waals surface area contributed by atoms with Crippen LogP contribution in [0.15, 0.2) is 79.5 Å². The second-order valence-corrected chi connectivity index (χ2v) is 10.8. The van der Waals surface area contributed by atoms with Crippen molar-refractivity contribution in [2.75, 3.05) is 11.9 Å². The highest BCUT2D eigenvalue weighted by atomic mass is 32.1. The van der Waals surface area contributed by atoms with Crippen molar-refractivity contribution in [1.82, 2.24) is 29.6 Å². The number of benzene rings is 2. The minimum absolute atomic E-state index is 0.347. The number of amides is 3. The summed E-state index contributed by atoms with van der Waals surface area (Å²) in [7, 11) is 0. The molecule has 4 heterocycles. The van der Waals surface area contributed by atoms with Crippen molar-refractivity contribution in [2.45, 2.75) is 31.3 Å². The predicted molar refractivity (Wildman–Crippen MR) is 154 cm³/mol. The van der Waals surface area contributed by atoms with Crippen molar-refractivity contribution in [3.63, 3.8) is 0 Å². The van der Waals surface area contributed by atoms with Gasteiger partial charge < -0.3 is 25.6 Å². The number of aromatic nitrogens is 4. The number of aromatic amines is 1. The van der Waals surface area contributed by atoms with Gasteiger partial charge >= 0.3 is 6.09 Å². The Morgan fingerprint density at radius 1 is 1.02 bits per heavy atom. The third-order valence-electron chi connectivity index (χ3n) is 7.12. The average Bonchev–Trinajstić information content (AvgIpc) is 3.74. The molecule has 11 nitrogen and oxygen atoms in total. The Bertz CT molecular complexity index is 1650. The molecule has 208 valence electrons. The van der Waals surface area contributed by atoms with Gasteiger partial charge in [-0.05, 0) is 36.0 Å². The van der Waals surface area contributed by atoms with Crippen molar-refractivity contribution in [2.24, 2.45) is 0 Å². The summed E-state index contributed by atoms with van der Waals surface area (Å²) in [6.07, 6.45) is 7.83. The summed E-state index contributed by atoms with van der Waals surface area (Å²) in [5, 5.41) is 14.6. The van der Waals surface area contributed by atoms with Crippen LogP contribution in [0.3, 0.4) is 0 Å². The van der Waals surface area contributed by atoms with Gasteiger partial charge in [-0.15, -0.1) is 0 Å². The Morgan fingerprint density at radius 3 is 2.51 bits per heavy atom. The molecule has 3 aromatic heterocycles. The van der Waals surface area contributed by atoms with Gasteiger partial charge in [0.05, 0.1) is 29.3 Å². The number of likely N-dealkylation sites (tertiary alicyclic amines) is 1. The van der Waals surface area contributed by atoms with Crippen LogP contribution in [0.2, 0.25) is 0 Å². The van der Waals surface area contributed by atoms with Gasteiger partial charge in [-0.3, -0.25) is 14.0 Å². The minimum atomic E-state index is -1.31. The van der Waals surface area contributed by atoms with E-state index in [1.54, 1.807) is 49.1 Å². The number of carbonyl (C=O) groups is 3. The minimum Gasteiger partial charge on any atom is -0.465 e. The van der Waals surface area contributed by atoms with Crippen molar-refractivity contribution < 1.29 is 19.5 Å². The van der Waals surface area contributed by atoms with E-state index in [-0.39, 0.29) is 5.91 Å². The van der Waals surface area contributed by atoms with E-state index in [4.69, 9.17) is 0 Å². The predicted octanol–water partition coefficient (Wildman–Crippen LogP) is 4.78. The zero-order valence-corrected chi connectivity index (χ0v) is 22.7. The Balaban J connectivity index is 1.17. The third kappa shape index (κ3) is 5.54. The third-order valence-corrected chi connectivity index (χ3v) is 8.17. The van der Waals surface area contributed by atoms with Gasteiger partial charge in [0.25, 0.3) is 5.91 Å². The van der Waals surface area contributed by atoms with E-state index < -0.39 is 24.1 Å². The van der Waals surface area contributed by atoms with Gasteiger partial charge in [-0.2, -0.15) is 0 Å². The molecule has 0 saturated carbocycles. The molecule has 1 fully saturated rings. The molecule has 3 amide bonds. The largest absolute Gasteiger partial charge is 0.465 e. The van der Waals surface area contributed by atoms with E-state index in [1.165, 1.54) is 16.2 Å². The first-order chi connectivity index (χ1) is 20.0. The molecule has 0 radical (unpaired) electrons. The maximum absolute atomic E-state index is 13.6. The Labute approximate surface area is 238 Å². The van der Waals surface area contributed by atoms with Crippen molar-refractivity contribution in [3.8, 4) is 21.7 Å². The zero-order valence-electron chi connectivity index (χ0n) is 21.9. The molecule has 1 aliphatic heterocycles. The fourth-order valence-electron chi connectivity index (χ4n) is 5.12. The average molecular weight is 570 g/mol. The summed E-state index contributed by atoms with van der Waals surface area (Å²) in [6, 6.07) is 15.0. The van der Waals surface area contributed by atoms with Gasteiger partial charge in [-0.25, -0.2) is 14.8 Å². The number of carboxylic acid groups (broad SMARTS) is 1. The molecular formula is C29H27N7O4S. The number of rotatable bonds is 7. The first kappa shape index (κ1) is 26.3. The van der Waals surface area contributed by atoms with Crippen LogP contribution in [-0.2, 0) is 9.59 Å². The number of carbonyl (C=O) groups excluding carboxylic acids is 2. The van der Waals surface area contributed by atoms with E-state index in [2.05, 4.69) is 25.6 Å². The van der Waals surface area contributed by atoms with E-state index in [0.29, 0.717) is 24.3 Å². The van der Waals surface area contributed by atoms with Gasteiger partial charge in [0.2, 0.25) is 5.91 Å². The van der Waals surface area contributed by atoms with Gasteiger partial charge in [0, 0.05) is 12.7 Å². The molecule has 12 heteroatoms. The number of hydrogen-bond acceptors (Lipinski definition) is 6. The first-order valence-electron chi connectivity index (χ1n) is 13.2. The summed E-state index contributed by atoms with van der Waals surface area (Å²) >= 11 is 1.50. The second kappa shape index (κ2) is 11.3. The van der Waals surface area contributed by atoms with Crippen LogP contribution in [0.4, 0.5) is 10.6 Å². The topological polar surface area (TPSA) is 145 Å². The van der Waals surface area contributed by atoms with Crippen LogP contribution in [0.1, 0.15) is 30.9 Å². The van der Waals surface area contributed by atoms with Crippen LogP contribution in [0.5, 0.6) is 0 Å². The number of piperidine rings is 1. The summed E-state index contributed by atoms with van der Waals surface area (Å²) in [6.45, 7) is 0.363. The number of anilines is 1. The fourth-order valence-corrected chi connectivity index (χ4v) is 6.09. The normalized spacial score (nSPS) is 15.9. The molecule has 5 aromatic rings. The van der Waals surface area contributed by atoms with Crippen LogP contribution >= 0.6 is 11.3 Å². The van der Waals surface area contributed by atoms with Crippen molar-refractivity contribution >= 4 is 40.0 Å². The molecule has 0 aliphatic carbocycles. The molecular weight excluding hydrogens is 542 g/mol. The summed E-state index contributed by atoms with van der Waals surface area (Å²) < 4.78 is 1.87. The van der Waals surface area contributed by atoms with Crippen LogP contribution in [0.25, 0.3) is 26.7 Å². The number of nitrogens with zero attached hydrogens (tertiary/aromatic N) is 4. The molecule has 0 spiro atoms. The fraction of sp³-hybridized carbons (Fsp3) is 0.207. The first-order valence-corrected chi connectivity index (χ1v) is 14.0. The van der Waals surface area contributed by atoms with Crippen LogP contribution in [-0.4, -0.2) is 59.9 Å². The summed E-state index contributed by atoms with van der Waals surface area (Å²) in [4.78, 5) is 53.4. The molecule has 2 atom stereocenters. The van der Waals surface area contributed by atoms with Gasteiger partial charge in [0.1, 0.15) is 12.1 Å². The molecule has 1 aliphatic rings. The number of thiazole rings is 1. The number of H-pyrrole nitrogens is 1. The SMILES string of the molecule is O=C(O)N[C@@H](C(=O)N1CCCC[C@H]1C(=O)Nc1cn2cc(-c3ccc(-c4cnc[nH]4)cc3)sc2n1)c1ccccc1. The monoisotopic (exact) mass is 569 g/mol. The quantitative estimate of drug-likeness (QED) is 0.222. The maximum Gasteiger partial charge on any atom is 0.405 e. The summed E-state index contributed by atoms with van der Waals surface area (Å²) in [5.41, 5.74) is 3.56. The molecule has 1 saturated heterocycles. The Kier molecular flexibility index (Phi) is 7.21. The standard InChI is InChI=1S/C29H27N7O4S/c37-26(22-8-4-5-13-36(22)27(38)25(34-29(39)40)20-6-2-1-3-7-20)32-24-16-35-15-23(41-28(35)33-24)19-11-9-18(10-12-19)21-14-30-17-31-21/h1-3,6-7,9-12,14-17,22,25,34H,4-5,8,13H2,(H,30,31)(H,32,37)(H,39,40)/t22-,25+/m0/s1. The number of nitrogens with one attached hydrogen (secondary N) is 3. The number of hydrogen-bond donors (Lipinski definition) is 4. The molecule has 0 unspecified atom stereocenters. The second-order valence-electron chi connectivity index (χ2n) is 9.78. The maximum atomic E-state index is 13.6. The highest BCUT2D eigenvalue weighted by molar-refractivity contribution is 7.20. The van der Waals surface area contributed by atoms with Crippen LogP contribution in [0, 0.1) is 0 Å². The van der Waals surface area contributed by atoms with Gasteiger partial charge in [-0.1, -0.05) is 65.9 Å². The van der Waals surface area contributed by atoms with E-state index in [1.807, 2.05) is 34.9 Å². The van der Waals surface area contributed by atoms with Crippen LogP contribution < -0.4 is 10.6 Å². The lowest BCUT2D eigenvalue weighted by Crippen LogP contribution is -2.53. The van der Waals surface area contributed by atoms with E-state index in [9.17, 15) is 19.5 Å². The molecule has 0 bridgehead atoms. The lowest BCUT2D eigenvalue weighted by molar-refractivity contribution is -0.142. The van der Waals surface area contributed by atoms with Crippen molar-refractivity contribution in [1.29, 1.82) is 0 Å². The number of imidazole rings is 2. The lowest BCUT2D eigenvalue weighted by Gasteiger charge is -2.36. The number of fused-ring (bicyclic) bond motifs is 1. The molecule has 6 rings (SSSR count). The Morgan fingerprint density at radius 2 is 1.80 bits per heavy atom. The lowest BCUT2D eigenvalue weighted by atomic mass is 9.98. The smallest absolute Gasteiger partial charge is 0.405 e. The molecule has 2 aromatic carbocycles. The van der Waals surface area contributed by atoms with E-state index >= 15 is 0 Å².